The van der Waals surface area contributed by atoms with Gasteiger partial charge in [0.2, 0.25) is 0 Å². The maximum Gasteiger partial charge on any atom is 0.182 e. The highest BCUT2D eigenvalue weighted by atomic mass is 16.3. The van der Waals surface area contributed by atoms with Crippen LogP contribution in [0.25, 0.3) is 5.69 Å². The van der Waals surface area contributed by atoms with E-state index in [9.17, 15) is 4.79 Å². The molecule has 1 aromatic carbocycles. The highest BCUT2D eigenvalue weighted by Gasteiger charge is 2.10. The van der Waals surface area contributed by atoms with Crippen molar-refractivity contribution in [3.05, 3.63) is 41.7 Å². The van der Waals surface area contributed by atoms with Gasteiger partial charge in [-0.3, -0.25) is 4.79 Å². The average Bonchev–Trinajstić information content (AvgIpc) is 2.71. The average molecular weight is 231 g/mol. The van der Waals surface area contributed by atoms with E-state index in [4.69, 9.17) is 10.8 Å². The summed E-state index contributed by atoms with van der Waals surface area (Å²) >= 11 is 0. The molecule has 0 aliphatic heterocycles. The molecule has 17 heavy (non-hydrogen) atoms. The van der Waals surface area contributed by atoms with Gasteiger partial charge in [0.1, 0.15) is 0 Å². The topological polar surface area (TPSA) is 81.1 Å². The van der Waals surface area contributed by atoms with Gasteiger partial charge in [0.25, 0.3) is 0 Å². The van der Waals surface area contributed by atoms with Crippen LogP contribution < -0.4 is 5.73 Å². The number of aromatic nitrogens is 2. The Hall–Kier alpha value is -2.14. The Morgan fingerprint density at radius 3 is 2.53 bits per heavy atom. The molecule has 0 radical (unpaired) electrons. The van der Waals surface area contributed by atoms with Crippen LogP contribution in [0.15, 0.2) is 30.5 Å². The third-order valence-electron chi connectivity index (χ3n) is 2.46. The second kappa shape index (κ2) is 4.39. The highest BCUT2D eigenvalue weighted by Crippen LogP contribution is 2.15. The molecule has 0 aliphatic rings. The van der Waals surface area contributed by atoms with Crippen molar-refractivity contribution < 1.29 is 9.90 Å². The van der Waals surface area contributed by atoms with Crippen LogP contribution in [0.4, 0.5) is 5.69 Å². The zero-order valence-corrected chi connectivity index (χ0v) is 9.42. The Morgan fingerprint density at radius 2 is 2.06 bits per heavy atom. The third kappa shape index (κ3) is 2.19. The maximum absolute atomic E-state index is 11.2. The maximum atomic E-state index is 11.2. The first-order valence-corrected chi connectivity index (χ1v) is 5.18. The summed E-state index contributed by atoms with van der Waals surface area (Å²) in [4.78, 5) is 11.2. The number of hydrogen-bond donors (Lipinski definition) is 2. The largest absolute Gasteiger partial charge is 0.396 e. The predicted molar refractivity (Wildman–Crippen MR) is 63.9 cm³/mol. The Labute approximate surface area is 98.5 Å². The van der Waals surface area contributed by atoms with E-state index in [1.165, 1.54) is 6.92 Å². The molecule has 0 saturated carbocycles. The molecule has 2 rings (SSSR count). The minimum atomic E-state index is -0.159. The number of nitrogen functional groups attached to an aromatic ring is 1. The van der Waals surface area contributed by atoms with Crippen LogP contribution in [0.5, 0.6) is 0 Å². The van der Waals surface area contributed by atoms with Crippen LogP contribution in [0, 0.1) is 0 Å². The minimum Gasteiger partial charge on any atom is -0.396 e. The van der Waals surface area contributed by atoms with Crippen molar-refractivity contribution >= 4 is 11.5 Å². The number of nitrogens with zero attached hydrogens (tertiary/aromatic N) is 2. The number of aliphatic hydroxyl groups excluding tert-OH is 1. The molecule has 0 atom stereocenters. The lowest BCUT2D eigenvalue weighted by Gasteiger charge is -2.01. The number of hydrogen-bond acceptors (Lipinski definition) is 4. The lowest BCUT2D eigenvalue weighted by Crippen LogP contribution is -2.00. The van der Waals surface area contributed by atoms with Gasteiger partial charge in [0, 0.05) is 6.92 Å². The monoisotopic (exact) mass is 231 g/mol. The number of carbonyl (C=O) groups excluding carboxylic acids is 1. The van der Waals surface area contributed by atoms with Crippen molar-refractivity contribution in [2.24, 2.45) is 0 Å². The predicted octanol–water partition coefficient (Wildman–Crippen LogP) is 1.15. The molecule has 0 fully saturated rings. The molecule has 2 aromatic rings. The number of nitrogens with two attached hydrogens (primary N) is 1. The van der Waals surface area contributed by atoms with E-state index in [0.717, 1.165) is 11.3 Å². The first-order chi connectivity index (χ1) is 8.11. The van der Waals surface area contributed by atoms with Gasteiger partial charge in [-0.1, -0.05) is 12.1 Å². The number of anilines is 1. The van der Waals surface area contributed by atoms with Crippen molar-refractivity contribution in [3.8, 4) is 5.69 Å². The fourth-order valence-electron chi connectivity index (χ4n) is 1.55. The Morgan fingerprint density at radius 1 is 1.41 bits per heavy atom. The molecule has 5 nitrogen and oxygen atoms in total. The first kappa shape index (κ1) is 11.3. The smallest absolute Gasteiger partial charge is 0.182 e. The van der Waals surface area contributed by atoms with Gasteiger partial charge < -0.3 is 10.8 Å². The molecule has 0 bridgehead atoms. The van der Waals surface area contributed by atoms with Crippen molar-refractivity contribution in [3.63, 3.8) is 0 Å². The molecule has 88 valence electrons. The molecular formula is C12H13N3O2. The molecule has 0 aliphatic carbocycles. The molecule has 0 spiro atoms. The molecule has 1 aromatic heterocycles. The lowest BCUT2D eigenvalue weighted by atomic mass is 10.2. The summed E-state index contributed by atoms with van der Waals surface area (Å²) in [5.41, 5.74) is 7.94. The van der Waals surface area contributed by atoms with Crippen molar-refractivity contribution in [1.29, 1.82) is 0 Å². The van der Waals surface area contributed by atoms with Crippen LogP contribution in [-0.4, -0.2) is 20.7 Å². The van der Waals surface area contributed by atoms with Crippen LogP contribution in [0.1, 0.15) is 23.0 Å². The van der Waals surface area contributed by atoms with Gasteiger partial charge in [0.05, 0.1) is 24.2 Å². The Kier molecular flexibility index (Phi) is 2.93. The third-order valence-corrected chi connectivity index (χ3v) is 2.46. The molecule has 0 saturated heterocycles. The number of rotatable bonds is 3. The Balaban J connectivity index is 2.39. The number of ketones is 1. The highest BCUT2D eigenvalue weighted by molar-refractivity contribution is 5.96. The van der Waals surface area contributed by atoms with Gasteiger partial charge in [-0.15, -0.1) is 0 Å². The summed E-state index contributed by atoms with van der Waals surface area (Å²) in [6.07, 6.45) is 1.60. The van der Waals surface area contributed by atoms with E-state index in [2.05, 4.69) is 5.10 Å². The molecular weight excluding hydrogens is 218 g/mol. The van der Waals surface area contributed by atoms with Crippen molar-refractivity contribution in [1.82, 2.24) is 9.78 Å². The summed E-state index contributed by atoms with van der Waals surface area (Å²) in [5.74, 6) is -0.159. The fraction of sp³-hybridized carbons (Fsp3) is 0.167. The van der Waals surface area contributed by atoms with E-state index in [-0.39, 0.29) is 18.1 Å². The second-order valence-corrected chi connectivity index (χ2v) is 3.76. The minimum absolute atomic E-state index is 0.000220. The standard InChI is InChI=1S/C12H13N3O2/c1-8(17)12-11(13)6-15(14-12)10-4-2-9(7-16)3-5-10/h2-6,16H,7,13H2,1H3. The van der Waals surface area contributed by atoms with E-state index >= 15 is 0 Å². The quantitative estimate of drug-likeness (QED) is 0.776. The normalized spacial score (nSPS) is 10.5. The van der Waals surface area contributed by atoms with Gasteiger partial charge in [0.15, 0.2) is 11.5 Å². The van der Waals surface area contributed by atoms with Gasteiger partial charge in [-0.25, -0.2) is 4.68 Å². The second-order valence-electron chi connectivity index (χ2n) is 3.76. The van der Waals surface area contributed by atoms with E-state index in [1.54, 1.807) is 23.0 Å². The molecule has 0 amide bonds. The molecule has 1 heterocycles. The first-order valence-electron chi connectivity index (χ1n) is 5.18. The Bertz CT molecular complexity index is 543. The zero-order chi connectivity index (χ0) is 12.4. The van der Waals surface area contributed by atoms with Crippen LogP contribution in [0.3, 0.4) is 0 Å². The van der Waals surface area contributed by atoms with E-state index in [1.807, 2.05) is 12.1 Å². The lowest BCUT2D eigenvalue weighted by molar-refractivity contribution is 0.101. The van der Waals surface area contributed by atoms with Crippen LogP contribution >= 0.6 is 0 Å². The summed E-state index contributed by atoms with van der Waals surface area (Å²) in [6, 6.07) is 7.20. The summed E-state index contributed by atoms with van der Waals surface area (Å²) in [6.45, 7) is 1.43. The zero-order valence-electron chi connectivity index (χ0n) is 9.42. The molecule has 5 heteroatoms. The number of Topliss-reactive ketones (excluding diaryl/α,β-unsaturated/α-hetero) is 1. The van der Waals surface area contributed by atoms with Crippen LogP contribution in [0.2, 0.25) is 0 Å². The fourth-order valence-corrected chi connectivity index (χ4v) is 1.55. The van der Waals surface area contributed by atoms with Gasteiger partial charge in [-0.2, -0.15) is 5.10 Å². The van der Waals surface area contributed by atoms with Crippen molar-refractivity contribution in [2.45, 2.75) is 13.5 Å². The summed E-state index contributed by atoms with van der Waals surface area (Å²) in [5, 5.41) is 13.0. The summed E-state index contributed by atoms with van der Waals surface area (Å²) < 4.78 is 1.55. The number of carbonyl (C=O) groups is 1. The number of aliphatic hydroxyl groups is 1. The van der Waals surface area contributed by atoms with Gasteiger partial charge in [-0.05, 0) is 17.7 Å². The van der Waals surface area contributed by atoms with E-state index in [0.29, 0.717) is 5.69 Å². The van der Waals surface area contributed by atoms with Crippen molar-refractivity contribution in [2.75, 3.05) is 5.73 Å². The molecule has 3 N–H and O–H groups in total. The molecule has 0 unspecified atom stereocenters. The van der Waals surface area contributed by atoms with Gasteiger partial charge >= 0.3 is 0 Å². The van der Waals surface area contributed by atoms with E-state index < -0.39 is 0 Å². The van der Waals surface area contributed by atoms with Crippen LogP contribution in [-0.2, 0) is 6.61 Å². The summed E-state index contributed by atoms with van der Waals surface area (Å²) in [7, 11) is 0. The SMILES string of the molecule is CC(=O)c1nn(-c2ccc(CO)cc2)cc1N. The number of benzene rings is 1.